The fraction of sp³-hybridized carbons (Fsp3) is 0.750. The van der Waals surface area contributed by atoms with E-state index in [-0.39, 0.29) is 30.2 Å². The van der Waals surface area contributed by atoms with E-state index in [2.05, 4.69) is 0 Å². The molecule has 2 rings (SSSR count). The molecule has 3 atom stereocenters. The molecule has 0 saturated carbocycles. The van der Waals surface area contributed by atoms with E-state index in [0.29, 0.717) is 6.42 Å². The Morgan fingerprint density at radius 3 is 2.80 bits per heavy atom. The van der Waals surface area contributed by atoms with Crippen LogP contribution in [0.4, 0.5) is 0 Å². The maximum Gasteiger partial charge on any atom is 0.327 e. The number of carboxylic acids is 1. The average Bonchev–Trinajstić information content (AvgIpc) is 2.35. The van der Waals surface area contributed by atoms with Gasteiger partial charge in [0.25, 0.3) is 0 Å². The third kappa shape index (κ3) is 1.60. The van der Waals surface area contributed by atoms with E-state index in [4.69, 9.17) is 10.8 Å². The number of carbonyl (C=O) groups excluding carboxylic acids is 1. The molecule has 2 saturated heterocycles. The highest BCUT2D eigenvalue weighted by Crippen LogP contribution is 2.50. The van der Waals surface area contributed by atoms with Crippen molar-refractivity contribution in [1.29, 1.82) is 0 Å². The van der Waals surface area contributed by atoms with Gasteiger partial charge in [-0.2, -0.15) is 0 Å². The van der Waals surface area contributed by atoms with E-state index < -0.39 is 16.8 Å². The molecule has 1 unspecified atom stereocenters. The Labute approximate surface area is 97.8 Å². The number of hydrogen-bond acceptors (Lipinski definition) is 4. The SMILES string of the molecule is CC1(CN)S[C@@H]2CC(=O)N2[C@H]1C(=O)O.Cl. The first-order valence-electron chi connectivity index (χ1n) is 4.41. The van der Waals surface area contributed by atoms with Crippen LogP contribution in [0.25, 0.3) is 0 Å². The molecule has 86 valence electrons. The number of nitrogens with zero attached hydrogens (tertiary/aromatic N) is 1. The predicted octanol–water partition coefficient (Wildman–Crippen LogP) is -0.116. The molecule has 2 fully saturated rings. The Morgan fingerprint density at radius 2 is 2.40 bits per heavy atom. The van der Waals surface area contributed by atoms with E-state index in [9.17, 15) is 9.59 Å². The number of halogens is 1. The average molecular weight is 253 g/mol. The Hall–Kier alpha value is -0.460. The summed E-state index contributed by atoms with van der Waals surface area (Å²) >= 11 is 1.50. The molecule has 0 spiro atoms. The number of carbonyl (C=O) groups is 2. The van der Waals surface area contributed by atoms with Crippen molar-refractivity contribution in [2.45, 2.75) is 29.5 Å². The van der Waals surface area contributed by atoms with Crippen molar-refractivity contribution < 1.29 is 14.7 Å². The summed E-state index contributed by atoms with van der Waals surface area (Å²) < 4.78 is -0.539. The van der Waals surface area contributed by atoms with Gasteiger partial charge in [0.15, 0.2) is 0 Å². The van der Waals surface area contributed by atoms with Gasteiger partial charge in [-0.15, -0.1) is 24.2 Å². The topological polar surface area (TPSA) is 83.6 Å². The van der Waals surface area contributed by atoms with Crippen molar-refractivity contribution in [3.63, 3.8) is 0 Å². The Bertz CT molecular complexity index is 314. The van der Waals surface area contributed by atoms with Gasteiger partial charge in [-0.3, -0.25) is 4.79 Å². The summed E-state index contributed by atoms with van der Waals surface area (Å²) in [5, 5.41) is 9.08. The Kier molecular flexibility index (Phi) is 3.23. The molecule has 3 N–H and O–H groups in total. The lowest BCUT2D eigenvalue weighted by Crippen LogP contribution is -2.58. The number of nitrogens with two attached hydrogens (primary N) is 1. The van der Waals surface area contributed by atoms with Crippen LogP contribution in [0.5, 0.6) is 0 Å². The van der Waals surface area contributed by atoms with Gasteiger partial charge in [0.1, 0.15) is 6.04 Å². The molecule has 0 radical (unpaired) electrons. The van der Waals surface area contributed by atoms with E-state index in [1.165, 1.54) is 16.7 Å². The fourth-order valence-corrected chi connectivity index (χ4v) is 3.66. The van der Waals surface area contributed by atoms with Crippen LogP contribution in [0.15, 0.2) is 0 Å². The summed E-state index contributed by atoms with van der Waals surface area (Å²) in [6.07, 6.45) is 0.448. The number of β-lactam (4-membered cyclic amide) rings is 1. The van der Waals surface area contributed by atoms with Crippen LogP contribution in [0.2, 0.25) is 0 Å². The molecule has 0 aromatic heterocycles. The summed E-state index contributed by atoms with van der Waals surface area (Å²) in [5.41, 5.74) is 5.57. The first-order chi connectivity index (χ1) is 6.49. The molecule has 1 amide bonds. The van der Waals surface area contributed by atoms with Gasteiger partial charge in [-0.05, 0) is 6.92 Å². The van der Waals surface area contributed by atoms with Crippen molar-refractivity contribution in [1.82, 2.24) is 4.90 Å². The Balaban J connectivity index is 0.00000112. The first-order valence-corrected chi connectivity index (χ1v) is 5.29. The van der Waals surface area contributed by atoms with E-state index in [1.54, 1.807) is 0 Å². The number of aliphatic carboxylic acids is 1. The van der Waals surface area contributed by atoms with Gasteiger partial charge < -0.3 is 15.7 Å². The van der Waals surface area contributed by atoms with Crippen molar-refractivity contribution in [2.75, 3.05) is 6.54 Å². The smallest absolute Gasteiger partial charge is 0.327 e. The lowest BCUT2D eigenvalue weighted by Gasteiger charge is -2.36. The number of amides is 1. The maximum absolute atomic E-state index is 11.2. The maximum atomic E-state index is 11.2. The Morgan fingerprint density at radius 1 is 1.80 bits per heavy atom. The summed E-state index contributed by atoms with van der Waals surface area (Å²) in [7, 11) is 0. The second kappa shape index (κ2) is 3.84. The zero-order chi connectivity index (χ0) is 10.5. The monoisotopic (exact) mass is 252 g/mol. The molecular formula is C8H13ClN2O3S. The summed E-state index contributed by atoms with van der Waals surface area (Å²) in [5.74, 6) is -1.03. The number of carboxylic acid groups (broad SMARTS) is 1. The molecule has 0 aliphatic carbocycles. The van der Waals surface area contributed by atoms with Gasteiger partial charge in [-0.1, -0.05) is 0 Å². The van der Waals surface area contributed by atoms with Crippen molar-refractivity contribution in [2.24, 2.45) is 5.73 Å². The molecule has 15 heavy (non-hydrogen) atoms. The number of hydrogen-bond donors (Lipinski definition) is 2. The number of rotatable bonds is 2. The molecule has 2 heterocycles. The van der Waals surface area contributed by atoms with Gasteiger partial charge >= 0.3 is 5.97 Å². The molecule has 0 aromatic rings. The second-order valence-electron chi connectivity index (χ2n) is 3.84. The van der Waals surface area contributed by atoms with Gasteiger partial charge in [-0.25, -0.2) is 4.79 Å². The van der Waals surface area contributed by atoms with Gasteiger partial charge in [0.05, 0.1) is 16.5 Å². The minimum absolute atomic E-state index is 0. The molecule has 0 bridgehead atoms. The first kappa shape index (κ1) is 12.6. The quantitative estimate of drug-likeness (QED) is 0.670. The van der Waals surface area contributed by atoms with Crippen LogP contribution >= 0.6 is 24.2 Å². The normalized spacial score (nSPS) is 38.0. The number of fused-ring (bicyclic) bond motifs is 1. The van der Waals surface area contributed by atoms with Crippen LogP contribution in [0, 0.1) is 0 Å². The molecule has 7 heteroatoms. The number of thioether (sulfide) groups is 1. The van der Waals surface area contributed by atoms with Crippen LogP contribution in [0.3, 0.4) is 0 Å². The van der Waals surface area contributed by atoms with Crippen molar-refractivity contribution in [3.05, 3.63) is 0 Å². The van der Waals surface area contributed by atoms with Crippen LogP contribution in [-0.2, 0) is 9.59 Å². The second-order valence-corrected chi connectivity index (χ2v) is 5.55. The largest absolute Gasteiger partial charge is 0.480 e. The van der Waals surface area contributed by atoms with Gasteiger partial charge in [0.2, 0.25) is 5.91 Å². The van der Waals surface area contributed by atoms with Crippen molar-refractivity contribution in [3.8, 4) is 0 Å². The van der Waals surface area contributed by atoms with Crippen LogP contribution in [-0.4, -0.2) is 44.6 Å². The zero-order valence-corrected chi connectivity index (χ0v) is 9.81. The van der Waals surface area contributed by atoms with Gasteiger partial charge in [0, 0.05) is 6.54 Å². The highest BCUT2D eigenvalue weighted by molar-refractivity contribution is 8.01. The van der Waals surface area contributed by atoms with Crippen LogP contribution < -0.4 is 5.73 Å². The van der Waals surface area contributed by atoms with Crippen LogP contribution in [0.1, 0.15) is 13.3 Å². The molecule has 0 aromatic carbocycles. The molecule has 2 aliphatic rings. The molecule has 2 aliphatic heterocycles. The van der Waals surface area contributed by atoms with E-state index in [1.807, 2.05) is 6.92 Å². The summed E-state index contributed by atoms with van der Waals surface area (Å²) in [6, 6.07) is -0.760. The minimum Gasteiger partial charge on any atom is -0.480 e. The lowest BCUT2D eigenvalue weighted by molar-refractivity contribution is -0.157. The summed E-state index contributed by atoms with van der Waals surface area (Å²) in [6.45, 7) is 2.08. The van der Waals surface area contributed by atoms with E-state index >= 15 is 0 Å². The molecular weight excluding hydrogens is 240 g/mol. The lowest BCUT2D eigenvalue weighted by atomic mass is 9.97. The standard InChI is InChI=1S/C8H12N2O3S.ClH/c1-8(3-9)6(7(12)13)10-4(11)2-5(10)14-8;/h5-6H,2-3,9H2,1H3,(H,12,13);1H/t5-,6+,8?;/m1./s1. The molecule has 5 nitrogen and oxygen atoms in total. The zero-order valence-electron chi connectivity index (χ0n) is 8.17. The summed E-state index contributed by atoms with van der Waals surface area (Å²) in [4.78, 5) is 23.7. The van der Waals surface area contributed by atoms with Crippen molar-refractivity contribution >= 4 is 36.0 Å². The minimum atomic E-state index is -0.957. The predicted molar refractivity (Wildman–Crippen MR) is 59.0 cm³/mol. The van der Waals surface area contributed by atoms with E-state index in [0.717, 1.165) is 0 Å². The highest BCUT2D eigenvalue weighted by atomic mass is 35.5. The third-order valence-corrected chi connectivity index (χ3v) is 4.44. The fourth-order valence-electron chi connectivity index (χ4n) is 2.02. The third-order valence-electron chi connectivity index (χ3n) is 2.85. The highest BCUT2D eigenvalue weighted by Gasteiger charge is 2.59.